The Labute approximate surface area is 97.2 Å². The minimum absolute atomic E-state index is 0.717. The molecule has 0 aliphatic rings. The molecule has 15 heavy (non-hydrogen) atoms. The molecule has 1 atom stereocenters. The van der Waals surface area contributed by atoms with Crippen LogP contribution < -0.4 is 0 Å². The van der Waals surface area contributed by atoms with Crippen LogP contribution >= 0.6 is 11.6 Å². The van der Waals surface area contributed by atoms with Gasteiger partial charge in [-0.2, -0.15) is 0 Å². The molecule has 0 aliphatic carbocycles. The maximum atomic E-state index is 5.70. The molecule has 0 bridgehead atoms. The van der Waals surface area contributed by atoms with Gasteiger partial charge in [0, 0.05) is 18.0 Å². The van der Waals surface area contributed by atoms with Crippen LogP contribution in [0.25, 0.3) is 0 Å². The van der Waals surface area contributed by atoms with Gasteiger partial charge < -0.3 is 9.32 Å². The van der Waals surface area contributed by atoms with Gasteiger partial charge in [-0.1, -0.05) is 6.92 Å². The van der Waals surface area contributed by atoms with Crippen molar-refractivity contribution < 1.29 is 4.42 Å². The van der Waals surface area contributed by atoms with E-state index in [1.54, 1.807) is 12.5 Å². The molecule has 1 aromatic heterocycles. The van der Waals surface area contributed by atoms with E-state index in [0.717, 1.165) is 25.4 Å². The van der Waals surface area contributed by atoms with Crippen LogP contribution in [0.2, 0.25) is 0 Å². The van der Waals surface area contributed by atoms with E-state index >= 15 is 0 Å². The minimum Gasteiger partial charge on any atom is -0.472 e. The number of hydrogen-bond acceptors (Lipinski definition) is 2. The summed E-state index contributed by atoms with van der Waals surface area (Å²) in [4.78, 5) is 2.32. The van der Waals surface area contributed by atoms with Crippen molar-refractivity contribution in [3.8, 4) is 0 Å². The topological polar surface area (TPSA) is 16.4 Å². The highest BCUT2D eigenvalue weighted by Gasteiger charge is 2.05. The fourth-order valence-electron chi connectivity index (χ4n) is 1.54. The summed E-state index contributed by atoms with van der Waals surface area (Å²) in [6.07, 6.45) is 5.85. The van der Waals surface area contributed by atoms with Crippen LogP contribution in [-0.4, -0.2) is 24.4 Å². The quantitative estimate of drug-likeness (QED) is 0.667. The van der Waals surface area contributed by atoms with E-state index in [1.165, 1.54) is 12.0 Å². The molecule has 0 radical (unpaired) electrons. The number of hydrogen-bond donors (Lipinski definition) is 0. The van der Waals surface area contributed by atoms with E-state index in [1.807, 2.05) is 6.07 Å². The Balaban J connectivity index is 2.16. The molecule has 0 amide bonds. The van der Waals surface area contributed by atoms with Crippen LogP contribution in [0.5, 0.6) is 0 Å². The number of rotatable bonds is 7. The molecule has 0 saturated carbocycles. The third kappa shape index (κ3) is 5.24. The zero-order valence-electron chi connectivity index (χ0n) is 9.58. The van der Waals surface area contributed by atoms with Crippen molar-refractivity contribution in [1.29, 1.82) is 0 Å². The van der Waals surface area contributed by atoms with Crippen LogP contribution in [0.15, 0.2) is 23.0 Å². The molecule has 0 aromatic carbocycles. The third-order valence-electron chi connectivity index (χ3n) is 2.64. The number of halogens is 1. The van der Waals surface area contributed by atoms with Gasteiger partial charge in [-0.05, 0) is 38.4 Å². The second-order valence-electron chi connectivity index (χ2n) is 4.24. The predicted octanol–water partition coefficient (Wildman–Crippen LogP) is 3.37. The molecule has 0 saturated heterocycles. The van der Waals surface area contributed by atoms with Gasteiger partial charge in [0.2, 0.25) is 0 Å². The first-order valence-electron chi connectivity index (χ1n) is 5.48. The SMILES string of the molecule is CC(CCCl)CCN(C)Cc1ccoc1. The smallest absolute Gasteiger partial charge is 0.0947 e. The maximum Gasteiger partial charge on any atom is 0.0947 e. The van der Waals surface area contributed by atoms with Crippen LogP contribution in [0.1, 0.15) is 25.3 Å². The van der Waals surface area contributed by atoms with Crippen molar-refractivity contribution in [3.05, 3.63) is 24.2 Å². The van der Waals surface area contributed by atoms with E-state index in [-0.39, 0.29) is 0 Å². The summed E-state index contributed by atoms with van der Waals surface area (Å²) in [7, 11) is 2.14. The van der Waals surface area contributed by atoms with E-state index in [4.69, 9.17) is 16.0 Å². The molecule has 1 unspecified atom stereocenters. The van der Waals surface area contributed by atoms with Gasteiger partial charge in [-0.15, -0.1) is 11.6 Å². The Kier molecular flexibility index (Phi) is 5.81. The Hall–Kier alpha value is -0.470. The van der Waals surface area contributed by atoms with E-state index in [9.17, 15) is 0 Å². The number of alkyl halides is 1. The summed E-state index contributed by atoms with van der Waals surface area (Å²) in [6.45, 7) is 4.33. The first kappa shape index (κ1) is 12.6. The molecular weight excluding hydrogens is 210 g/mol. The largest absolute Gasteiger partial charge is 0.472 e. The average Bonchev–Trinajstić information content (AvgIpc) is 2.68. The van der Waals surface area contributed by atoms with Gasteiger partial charge >= 0.3 is 0 Å². The zero-order valence-corrected chi connectivity index (χ0v) is 10.3. The average molecular weight is 230 g/mol. The lowest BCUT2D eigenvalue weighted by atomic mass is 10.1. The van der Waals surface area contributed by atoms with Crippen molar-refractivity contribution >= 4 is 11.6 Å². The standard InChI is InChI=1S/C12H20ClNO/c1-11(3-6-13)4-7-14(2)9-12-5-8-15-10-12/h5,8,10-11H,3-4,6-7,9H2,1-2H3. The lowest BCUT2D eigenvalue weighted by molar-refractivity contribution is 0.296. The highest BCUT2D eigenvalue weighted by Crippen LogP contribution is 2.10. The second kappa shape index (κ2) is 6.91. The molecule has 1 heterocycles. The molecule has 3 heteroatoms. The van der Waals surface area contributed by atoms with Gasteiger partial charge in [0.05, 0.1) is 12.5 Å². The van der Waals surface area contributed by atoms with Gasteiger partial charge in [0.1, 0.15) is 0 Å². The zero-order chi connectivity index (χ0) is 11.1. The maximum absolute atomic E-state index is 5.70. The molecule has 1 rings (SSSR count). The molecule has 86 valence electrons. The fraction of sp³-hybridized carbons (Fsp3) is 0.667. The van der Waals surface area contributed by atoms with Crippen molar-refractivity contribution in [2.75, 3.05) is 19.5 Å². The lowest BCUT2D eigenvalue weighted by Crippen LogP contribution is -2.20. The monoisotopic (exact) mass is 229 g/mol. The van der Waals surface area contributed by atoms with Crippen molar-refractivity contribution in [3.63, 3.8) is 0 Å². The third-order valence-corrected chi connectivity index (χ3v) is 2.86. The fourth-order valence-corrected chi connectivity index (χ4v) is 1.92. The second-order valence-corrected chi connectivity index (χ2v) is 4.62. The van der Waals surface area contributed by atoms with E-state index < -0.39 is 0 Å². The Morgan fingerprint density at radius 1 is 1.47 bits per heavy atom. The number of furan rings is 1. The Bertz CT molecular complexity index is 248. The molecule has 1 aromatic rings. The van der Waals surface area contributed by atoms with Gasteiger partial charge in [0.25, 0.3) is 0 Å². The Morgan fingerprint density at radius 2 is 2.27 bits per heavy atom. The lowest BCUT2D eigenvalue weighted by Gasteiger charge is -2.18. The Morgan fingerprint density at radius 3 is 2.87 bits per heavy atom. The highest BCUT2D eigenvalue weighted by atomic mass is 35.5. The molecule has 0 spiro atoms. The molecular formula is C12H20ClNO. The van der Waals surface area contributed by atoms with Crippen molar-refractivity contribution in [2.45, 2.75) is 26.3 Å². The number of nitrogens with zero attached hydrogens (tertiary/aromatic N) is 1. The summed E-state index contributed by atoms with van der Waals surface area (Å²) >= 11 is 5.70. The summed E-state index contributed by atoms with van der Waals surface area (Å²) in [5.41, 5.74) is 1.24. The van der Waals surface area contributed by atoms with Crippen LogP contribution in [0, 0.1) is 5.92 Å². The first-order valence-corrected chi connectivity index (χ1v) is 6.01. The molecule has 2 nitrogen and oxygen atoms in total. The van der Waals surface area contributed by atoms with Crippen LogP contribution in [0.3, 0.4) is 0 Å². The highest BCUT2D eigenvalue weighted by molar-refractivity contribution is 6.17. The van der Waals surface area contributed by atoms with Gasteiger partial charge in [-0.25, -0.2) is 0 Å². The summed E-state index contributed by atoms with van der Waals surface area (Å²) in [5, 5.41) is 0. The summed E-state index contributed by atoms with van der Waals surface area (Å²) < 4.78 is 5.04. The normalized spacial score (nSPS) is 13.3. The predicted molar refractivity (Wildman–Crippen MR) is 64.2 cm³/mol. The van der Waals surface area contributed by atoms with Gasteiger partial charge in [-0.3, -0.25) is 0 Å². The molecule has 0 N–H and O–H groups in total. The van der Waals surface area contributed by atoms with Crippen LogP contribution in [-0.2, 0) is 6.54 Å². The first-order chi connectivity index (χ1) is 7.22. The minimum atomic E-state index is 0.717. The molecule has 0 fully saturated rings. The van der Waals surface area contributed by atoms with Crippen LogP contribution in [0.4, 0.5) is 0 Å². The summed E-state index contributed by atoms with van der Waals surface area (Å²) in [5.74, 6) is 1.49. The molecule has 0 aliphatic heterocycles. The van der Waals surface area contributed by atoms with E-state index in [2.05, 4.69) is 18.9 Å². The summed E-state index contributed by atoms with van der Waals surface area (Å²) in [6, 6.07) is 2.01. The van der Waals surface area contributed by atoms with Crippen molar-refractivity contribution in [2.24, 2.45) is 5.92 Å². The van der Waals surface area contributed by atoms with E-state index in [0.29, 0.717) is 5.92 Å². The van der Waals surface area contributed by atoms with Gasteiger partial charge in [0.15, 0.2) is 0 Å². The van der Waals surface area contributed by atoms with Crippen molar-refractivity contribution in [1.82, 2.24) is 4.90 Å².